The van der Waals surface area contributed by atoms with E-state index in [9.17, 15) is 14.4 Å². The number of aromatic nitrogens is 2. The summed E-state index contributed by atoms with van der Waals surface area (Å²) in [6.45, 7) is 17.0. The maximum atomic E-state index is 14.7. The molecule has 2 aromatic rings. The number of esters is 1. The normalized spacial score (nSPS) is 24.9. The van der Waals surface area contributed by atoms with Gasteiger partial charge in [0, 0.05) is 12.0 Å². The van der Waals surface area contributed by atoms with Crippen molar-refractivity contribution in [1.29, 1.82) is 0 Å². The highest BCUT2D eigenvalue weighted by atomic mass is 16.6. The molecule has 1 N–H and O–H groups in total. The van der Waals surface area contributed by atoms with E-state index >= 15 is 0 Å². The van der Waals surface area contributed by atoms with Crippen LogP contribution in [0, 0.1) is 17.3 Å². The van der Waals surface area contributed by atoms with Crippen LogP contribution >= 0.6 is 0 Å². The molecule has 11 nitrogen and oxygen atoms in total. The van der Waals surface area contributed by atoms with Gasteiger partial charge >= 0.3 is 12.1 Å². The number of nitrogens with one attached hydrogen (secondary N) is 1. The van der Waals surface area contributed by atoms with Gasteiger partial charge in [0.25, 0.3) is 0 Å². The van der Waals surface area contributed by atoms with Crippen molar-refractivity contribution in [2.45, 2.75) is 116 Å². The molecule has 5 rings (SSSR count). The van der Waals surface area contributed by atoms with Gasteiger partial charge in [0.05, 0.1) is 24.7 Å². The third-order valence-corrected chi connectivity index (χ3v) is 10.1. The van der Waals surface area contributed by atoms with Gasteiger partial charge in [-0.25, -0.2) is 19.6 Å². The molecular weight excluding hydrogens is 624 g/mol. The fraction of sp³-hybridized carbons (Fsp3) is 0.605. The maximum absolute atomic E-state index is 14.7. The van der Waals surface area contributed by atoms with Crippen molar-refractivity contribution in [3.63, 3.8) is 0 Å². The second-order valence-corrected chi connectivity index (χ2v) is 15.1. The standard InChI is InChI=1S/C38H52N4O7/c1-9-11-12-15-24-20-29(24)48-36(45)41-32(38(7)18-13-14-19-38)34(43)42-22-30(23(3)31(42)35(44)49-37(4,5)6)47-33-26(10-2)39-27-17-16-25(46-8)21-28(27)40-33/h9-10,16-17,21,23-24,29-32H,1-2,11-15,18-20,22H2,3-8H3,(H,41,45)/t23-,24?,29-,30+,31+,32-/m1/s1. The number of rotatable bonds is 13. The molecule has 3 aliphatic rings. The first-order valence-electron chi connectivity index (χ1n) is 17.5. The summed E-state index contributed by atoms with van der Waals surface area (Å²) in [6.07, 6.45) is 9.20. The highest BCUT2D eigenvalue weighted by Crippen LogP contribution is 2.43. The Labute approximate surface area is 289 Å². The maximum Gasteiger partial charge on any atom is 0.408 e. The molecule has 11 heteroatoms. The Morgan fingerprint density at radius 1 is 1.12 bits per heavy atom. The Bertz CT molecular complexity index is 1560. The summed E-state index contributed by atoms with van der Waals surface area (Å²) in [5, 5.41) is 2.96. The number of amides is 2. The number of ether oxygens (including phenoxy) is 4. The molecule has 0 bridgehead atoms. The number of hydrogen-bond acceptors (Lipinski definition) is 9. The fourth-order valence-electron chi connectivity index (χ4n) is 7.21. The molecular formula is C38H52N4O7. The molecule has 1 aromatic heterocycles. The molecule has 49 heavy (non-hydrogen) atoms. The Morgan fingerprint density at radius 3 is 2.51 bits per heavy atom. The highest BCUT2D eigenvalue weighted by molar-refractivity contribution is 5.91. The van der Waals surface area contributed by atoms with E-state index in [0.29, 0.717) is 28.4 Å². The third kappa shape index (κ3) is 8.36. The lowest BCUT2D eigenvalue weighted by Crippen LogP contribution is -2.58. The zero-order chi connectivity index (χ0) is 35.5. The highest BCUT2D eigenvalue weighted by Gasteiger charge is 2.53. The lowest BCUT2D eigenvalue weighted by molar-refractivity contribution is -0.165. The van der Waals surface area contributed by atoms with Gasteiger partial charge in [0.15, 0.2) is 0 Å². The van der Waals surface area contributed by atoms with Gasteiger partial charge in [-0.15, -0.1) is 6.58 Å². The zero-order valence-corrected chi connectivity index (χ0v) is 29.8. The molecule has 1 unspecified atom stereocenters. The van der Waals surface area contributed by atoms with E-state index in [1.165, 1.54) is 4.90 Å². The monoisotopic (exact) mass is 676 g/mol. The number of unbranched alkanes of at least 4 members (excludes halogenated alkanes) is 1. The zero-order valence-electron chi connectivity index (χ0n) is 29.8. The van der Waals surface area contributed by atoms with Crippen LogP contribution in [-0.2, 0) is 19.1 Å². The number of alkyl carbamates (subject to hydrolysis) is 1. The molecule has 3 fully saturated rings. The van der Waals surface area contributed by atoms with Crippen LogP contribution in [0.15, 0.2) is 37.4 Å². The van der Waals surface area contributed by atoms with Crippen molar-refractivity contribution in [2.75, 3.05) is 13.7 Å². The number of carbonyl (C=O) groups is 3. The summed E-state index contributed by atoms with van der Waals surface area (Å²) in [5.41, 5.74) is 0.354. The Balaban J connectivity index is 1.41. The van der Waals surface area contributed by atoms with Crippen LogP contribution < -0.4 is 14.8 Å². The van der Waals surface area contributed by atoms with Crippen molar-refractivity contribution in [3.8, 4) is 11.6 Å². The van der Waals surface area contributed by atoms with Crippen LogP contribution in [0.4, 0.5) is 4.79 Å². The van der Waals surface area contributed by atoms with Crippen LogP contribution in [0.1, 0.15) is 91.7 Å². The van der Waals surface area contributed by atoms with Crippen molar-refractivity contribution in [1.82, 2.24) is 20.2 Å². The molecule has 1 saturated heterocycles. The molecule has 2 aliphatic carbocycles. The first-order valence-corrected chi connectivity index (χ1v) is 17.5. The van der Waals surface area contributed by atoms with E-state index < -0.39 is 47.2 Å². The summed E-state index contributed by atoms with van der Waals surface area (Å²) in [6, 6.07) is 3.52. The predicted octanol–water partition coefficient (Wildman–Crippen LogP) is 6.64. The molecule has 2 saturated carbocycles. The second kappa shape index (κ2) is 14.8. The van der Waals surface area contributed by atoms with Crippen molar-refractivity contribution < 1.29 is 33.3 Å². The van der Waals surface area contributed by atoms with E-state index in [-0.39, 0.29) is 24.4 Å². The van der Waals surface area contributed by atoms with Crippen LogP contribution in [0.2, 0.25) is 0 Å². The average molecular weight is 677 g/mol. The summed E-state index contributed by atoms with van der Waals surface area (Å²) >= 11 is 0. The van der Waals surface area contributed by atoms with Crippen LogP contribution in [0.25, 0.3) is 17.1 Å². The Morgan fingerprint density at radius 2 is 1.86 bits per heavy atom. The largest absolute Gasteiger partial charge is 0.497 e. The van der Waals surface area contributed by atoms with Crippen LogP contribution in [0.3, 0.4) is 0 Å². The summed E-state index contributed by atoms with van der Waals surface area (Å²) in [4.78, 5) is 52.8. The van der Waals surface area contributed by atoms with Crippen molar-refractivity contribution >= 4 is 35.1 Å². The number of fused-ring (bicyclic) bond motifs is 1. The quantitative estimate of drug-likeness (QED) is 0.141. The molecule has 1 aromatic carbocycles. The SMILES string of the molecule is C=CCCCC1C[C@H]1OC(=O)N[C@H](C(=O)N1C[C@H](Oc2nc3cc(OC)ccc3nc2C=C)[C@@H](C)[C@H]1C(=O)OC(C)(C)C)C1(C)CCCC1. The number of nitrogens with zero attached hydrogens (tertiary/aromatic N) is 3. The first kappa shape index (κ1) is 36.1. The van der Waals surface area contributed by atoms with E-state index in [0.717, 1.165) is 51.4 Å². The van der Waals surface area contributed by atoms with Gasteiger partial charge in [-0.1, -0.05) is 39.3 Å². The molecule has 0 spiro atoms. The lowest BCUT2D eigenvalue weighted by Gasteiger charge is -2.37. The molecule has 2 heterocycles. The number of carbonyl (C=O) groups excluding carboxylic acids is 3. The predicted molar refractivity (Wildman–Crippen MR) is 187 cm³/mol. The van der Waals surface area contributed by atoms with Gasteiger partial charge in [0.1, 0.15) is 41.3 Å². The summed E-state index contributed by atoms with van der Waals surface area (Å²) < 4.78 is 23.5. The van der Waals surface area contributed by atoms with Gasteiger partial charge in [-0.2, -0.15) is 0 Å². The molecule has 2 amide bonds. The molecule has 1 aliphatic heterocycles. The fourth-order valence-corrected chi connectivity index (χ4v) is 7.21. The number of benzene rings is 1. The minimum absolute atomic E-state index is 0.0790. The minimum Gasteiger partial charge on any atom is -0.497 e. The van der Waals surface area contributed by atoms with Gasteiger partial charge in [-0.05, 0) is 88.8 Å². The minimum atomic E-state index is -0.958. The number of allylic oxidation sites excluding steroid dienone is 1. The summed E-state index contributed by atoms with van der Waals surface area (Å²) in [7, 11) is 1.58. The number of likely N-dealkylation sites (tertiary alicyclic amines) is 1. The van der Waals surface area contributed by atoms with Gasteiger partial charge < -0.3 is 29.2 Å². The Hall–Kier alpha value is -4.15. The van der Waals surface area contributed by atoms with Crippen LogP contribution in [0.5, 0.6) is 11.6 Å². The van der Waals surface area contributed by atoms with Gasteiger partial charge in [0.2, 0.25) is 11.8 Å². The van der Waals surface area contributed by atoms with E-state index in [4.69, 9.17) is 23.9 Å². The van der Waals surface area contributed by atoms with Gasteiger partial charge in [-0.3, -0.25) is 4.79 Å². The second-order valence-electron chi connectivity index (χ2n) is 15.1. The summed E-state index contributed by atoms with van der Waals surface area (Å²) in [5.74, 6) is -0.181. The lowest BCUT2D eigenvalue weighted by atomic mass is 9.79. The van der Waals surface area contributed by atoms with Crippen molar-refractivity contribution in [3.05, 3.63) is 43.1 Å². The first-order chi connectivity index (χ1) is 23.3. The Kier molecular flexibility index (Phi) is 10.9. The number of methoxy groups -OCH3 is 1. The average Bonchev–Trinajstić information content (AvgIpc) is 3.46. The van der Waals surface area contributed by atoms with E-state index in [1.54, 1.807) is 46.1 Å². The van der Waals surface area contributed by atoms with E-state index in [2.05, 4.69) is 23.5 Å². The third-order valence-electron chi connectivity index (χ3n) is 10.1. The van der Waals surface area contributed by atoms with Crippen LogP contribution in [-0.4, -0.2) is 76.4 Å². The molecule has 6 atom stereocenters. The topological polar surface area (TPSA) is 129 Å². The molecule has 0 radical (unpaired) electrons. The number of hydrogen-bond donors (Lipinski definition) is 1. The van der Waals surface area contributed by atoms with Crippen molar-refractivity contribution in [2.24, 2.45) is 17.3 Å². The van der Waals surface area contributed by atoms with E-state index in [1.807, 2.05) is 26.0 Å². The molecule has 266 valence electrons. The smallest absolute Gasteiger partial charge is 0.408 e.